The monoisotopic (exact) mass is 590 g/mol. The van der Waals surface area contributed by atoms with E-state index in [0.29, 0.717) is 0 Å². The van der Waals surface area contributed by atoms with Crippen LogP contribution in [-0.2, 0) is 27.3 Å². The standard InChI is InChI=1S/2C12H8N2.2CNS.Cd/c2*1-3-9-5-6-10-4-2-8-14-12(10)11(9)13-7-1;2*2-1-3;/h2*1-8H;;;/q;;2*-1;+2. The number of benzene rings is 2. The van der Waals surface area contributed by atoms with Crippen LogP contribution in [0.1, 0.15) is 0 Å². The molecular formula is C26H16CdN6S2. The van der Waals surface area contributed by atoms with Crippen LogP contribution in [0.15, 0.2) is 97.6 Å². The first-order chi connectivity index (χ1) is 16.7. The molecule has 0 aliphatic rings. The molecule has 0 saturated heterocycles. The van der Waals surface area contributed by atoms with Crippen molar-refractivity contribution >= 4 is 78.4 Å². The molecule has 0 aliphatic heterocycles. The molecule has 0 saturated carbocycles. The maximum atomic E-state index is 7.13. The van der Waals surface area contributed by atoms with E-state index in [-0.39, 0.29) is 27.3 Å². The second-order valence-electron chi connectivity index (χ2n) is 6.61. The van der Waals surface area contributed by atoms with Crippen LogP contribution in [-0.4, -0.2) is 30.3 Å². The third-order valence-corrected chi connectivity index (χ3v) is 4.69. The van der Waals surface area contributed by atoms with Crippen LogP contribution in [0.25, 0.3) is 54.4 Å². The summed E-state index contributed by atoms with van der Waals surface area (Å²) in [5, 5.41) is 21.5. The first-order valence-electron chi connectivity index (χ1n) is 9.93. The van der Waals surface area contributed by atoms with Gasteiger partial charge in [0.1, 0.15) is 0 Å². The van der Waals surface area contributed by atoms with Gasteiger partial charge in [0, 0.05) is 46.3 Å². The van der Waals surface area contributed by atoms with Crippen molar-refractivity contribution in [2.24, 2.45) is 0 Å². The zero-order valence-electron chi connectivity index (χ0n) is 18.4. The largest absolute Gasteiger partial charge is 2.00 e. The average Bonchev–Trinajstić information content (AvgIpc) is 2.90. The number of nitrogens with zero attached hydrogens (tertiary/aromatic N) is 6. The van der Waals surface area contributed by atoms with Crippen LogP contribution in [0.2, 0.25) is 0 Å². The minimum atomic E-state index is 0. The molecule has 2 aromatic carbocycles. The van der Waals surface area contributed by atoms with Gasteiger partial charge < -0.3 is 10.8 Å². The summed E-state index contributed by atoms with van der Waals surface area (Å²) < 4.78 is 0. The van der Waals surface area contributed by atoms with Crippen LogP contribution >= 0.6 is 24.4 Å². The Labute approximate surface area is 232 Å². The summed E-state index contributed by atoms with van der Waals surface area (Å²) in [5.41, 5.74) is 3.91. The van der Waals surface area contributed by atoms with E-state index < -0.39 is 0 Å². The van der Waals surface area contributed by atoms with E-state index in [1.807, 2.05) is 24.3 Å². The summed E-state index contributed by atoms with van der Waals surface area (Å²) in [6, 6.07) is 24.3. The number of isothiocyanates is 2. The molecule has 4 aromatic heterocycles. The molecule has 0 bridgehead atoms. The molecule has 35 heavy (non-hydrogen) atoms. The quantitative estimate of drug-likeness (QED) is 0.0830. The van der Waals surface area contributed by atoms with Crippen LogP contribution in [0.3, 0.4) is 0 Å². The molecule has 0 radical (unpaired) electrons. The van der Waals surface area contributed by atoms with Crippen molar-refractivity contribution in [3.63, 3.8) is 0 Å². The fraction of sp³-hybridized carbons (Fsp3) is 0. The third-order valence-electron chi connectivity index (χ3n) is 4.69. The van der Waals surface area contributed by atoms with Crippen molar-refractivity contribution in [2.45, 2.75) is 0 Å². The number of aromatic nitrogens is 4. The fourth-order valence-electron chi connectivity index (χ4n) is 3.36. The molecule has 0 aliphatic carbocycles. The van der Waals surface area contributed by atoms with Crippen LogP contribution in [0, 0.1) is 0 Å². The molecule has 6 aromatic rings. The molecule has 0 unspecified atom stereocenters. The number of rotatable bonds is 0. The average molecular weight is 589 g/mol. The van der Waals surface area contributed by atoms with Crippen molar-refractivity contribution in [1.29, 1.82) is 0 Å². The normalized spacial score (nSPS) is 9.14. The Hall–Kier alpha value is -3.40. The van der Waals surface area contributed by atoms with Gasteiger partial charge in [-0.2, -0.15) is 10.3 Å². The van der Waals surface area contributed by atoms with Crippen molar-refractivity contribution in [1.82, 2.24) is 19.9 Å². The van der Waals surface area contributed by atoms with Gasteiger partial charge in [-0.05, 0) is 24.3 Å². The smallest absolute Gasteiger partial charge is 0.753 e. The first kappa shape index (κ1) is 27.8. The maximum Gasteiger partial charge on any atom is 2.00 e. The van der Waals surface area contributed by atoms with E-state index >= 15 is 0 Å². The van der Waals surface area contributed by atoms with Gasteiger partial charge in [0.15, 0.2) is 0 Å². The third kappa shape index (κ3) is 7.29. The number of thiocarbonyl (C=S) groups is 2. The minimum absolute atomic E-state index is 0. The molecule has 0 atom stereocenters. The van der Waals surface area contributed by atoms with Gasteiger partial charge in [0.05, 0.1) is 22.1 Å². The molecule has 0 spiro atoms. The molecule has 0 amide bonds. The Morgan fingerprint density at radius 1 is 0.457 bits per heavy atom. The molecular weight excluding hydrogens is 573 g/mol. The van der Waals surface area contributed by atoms with Gasteiger partial charge in [-0.25, -0.2) is 0 Å². The van der Waals surface area contributed by atoms with E-state index in [4.69, 9.17) is 10.8 Å². The Balaban J connectivity index is 0.000000198. The fourth-order valence-corrected chi connectivity index (χ4v) is 3.36. The Morgan fingerprint density at radius 2 is 0.657 bits per heavy atom. The summed E-state index contributed by atoms with van der Waals surface area (Å²) in [4.78, 5) is 17.4. The molecule has 0 fully saturated rings. The topological polar surface area (TPSA) is 96.2 Å². The molecule has 164 valence electrons. The van der Waals surface area contributed by atoms with Crippen LogP contribution in [0.4, 0.5) is 0 Å². The molecule has 6 rings (SSSR count). The van der Waals surface area contributed by atoms with Crippen molar-refractivity contribution in [3.8, 4) is 0 Å². The Bertz CT molecular complexity index is 1400. The summed E-state index contributed by atoms with van der Waals surface area (Å²) >= 11 is 7.40. The SMILES string of the molecule is [Cd+2].[N-]=C=S.[N-]=C=S.c1cnc2c(c1)ccc1cccnc12.c1cnc2c(c1)ccc1cccnc12. The number of hydrogen-bond donors (Lipinski definition) is 0. The molecule has 0 N–H and O–H groups in total. The van der Waals surface area contributed by atoms with Gasteiger partial charge >= 0.3 is 27.3 Å². The van der Waals surface area contributed by atoms with E-state index in [2.05, 4.69) is 92.9 Å². The van der Waals surface area contributed by atoms with Crippen molar-refractivity contribution in [3.05, 3.63) is 108 Å². The van der Waals surface area contributed by atoms with E-state index in [9.17, 15) is 0 Å². The molecule has 9 heteroatoms. The van der Waals surface area contributed by atoms with Gasteiger partial charge in [-0.1, -0.05) is 73.0 Å². The Morgan fingerprint density at radius 3 is 0.857 bits per heavy atom. The second kappa shape index (κ2) is 14.8. The summed E-state index contributed by atoms with van der Waals surface area (Å²) in [6.07, 6.45) is 7.21. The van der Waals surface area contributed by atoms with E-state index in [1.165, 1.54) is 10.3 Å². The van der Waals surface area contributed by atoms with E-state index in [0.717, 1.165) is 43.6 Å². The van der Waals surface area contributed by atoms with Gasteiger partial charge in [0.25, 0.3) is 0 Å². The van der Waals surface area contributed by atoms with Gasteiger partial charge in [-0.15, -0.1) is 0 Å². The van der Waals surface area contributed by atoms with Gasteiger partial charge in [-0.3, -0.25) is 19.9 Å². The zero-order chi connectivity index (χ0) is 24.2. The minimum Gasteiger partial charge on any atom is -0.753 e. The number of hydrogen-bond acceptors (Lipinski definition) is 6. The second-order valence-corrected chi connectivity index (χ2v) is 6.98. The predicted molar refractivity (Wildman–Crippen MR) is 146 cm³/mol. The summed E-state index contributed by atoms with van der Waals surface area (Å²) in [5.74, 6) is 0. The summed E-state index contributed by atoms with van der Waals surface area (Å²) in [6.45, 7) is 0. The number of fused-ring (bicyclic) bond motifs is 6. The maximum absolute atomic E-state index is 7.13. The Kier molecular flexibility index (Phi) is 11.8. The van der Waals surface area contributed by atoms with Crippen LogP contribution < -0.4 is 0 Å². The van der Waals surface area contributed by atoms with Crippen molar-refractivity contribution < 1.29 is 27.3 Å². The number of pyridine rings is 4. The zero-order valence-corrected chi connectivity index (χ0v) is 24.1. The van der Waals surface area contributed by atoms with Crippen LogP contribution in [0.5, 0.6) is 0 Å². The van der Waals surface area contributed by atoms with Crippen molar-refractivity contribution in [2.75, 3.05) is 0 Å². The van der Waals surface area contributed by atoms with Gasteiger partial charge in [0.2, 0.25) is 0 Å². The molecule has 4 heterocycles. The first-order valence-corrected chi connectivity index (χ1v) is 10.7. The van der Waals surface area contributed by atoms with E-state index in [1.54, 1.807) is 24.8 Å². The predicted octanol–water partition coefficient (Wildman–Crippen LogP) is 6.88. The molecule has 6 nitrogen and oxygen atoms in total. The summed E-state index contributed by atoms with van der Waals surface area (Å²) in [7, 11) is 0.